The smallest absolute Gasteiger partial charge is 0.338 e. The van der Waals surface area contributed by atoms with Crippen LogP contribution in [0.25, 0.3) is 5.57 Å². The molecule has 0 heterocycles. The molecule has 0 amide bonds. The second kappa shape index (κ2) is 4.72. The SMILES string of the molecule is C=C(C(=O)O[C@@H]1C[C@@H]2CC[C@@]1(C)C2(C)C)c1ccccc1. The third kappa shape index (κ3) is 2.04. The van der Waals surface area contributed by atoms with Crippen molar-refractivity contribution in [1.29, 1.82) is 0 Å². The summed E-state index contributed by atoms with van der Waals surface area (Å²) in [6.07, 6.45) is 3.44. The molecule has 0 aromatic heterocycles. The van der Waals surface area contributed by atoms with Crippen LogP contribution in [0.15, 0.2) is 36.9 Å². The van der Waals surface area contributed by atoms with Gasteiger partial charge < -0.3 is 4.74 Å². The minimum Gasteiger partial charge on any atom is -0.458 e. The van der Waals surface area contributed by atoms with Crippen molar-refractivity contribution >= 4 is 11.5 Å². The van der Waals surface area contributed by atoms with Crippen LogP contribution < -0.4 is 0 Å². The minimum atomic E-state index is -0.268. The van der Waals surface area contributed by atoms with Crippen LogP contribution >= 0.6 is 0 Å². The van der Waals surface area contributed by atoms with E-state index in [0.29, 0.717) is 11.5 Å². The summed E-state index contributed by atoms with van der Waals surface area (Å²) in [5.41, 5.74) is 1.66. The molecule has 0 radical (unpaired) electrons. The molecule has 2 heteroatoms. The first-order chi connectivity index (χ1) is 9.86. The molecule has 1 aromatic rings. The average Bonchev–Trinajstić information content (AvgIpc) is 2.80. The Balaban J connectivity index is 1.74. The number of fused-ring (bicyclic) bond motifs is 2. The zero-order valence-corrected chi connectivity index (χ0v) is 13.2. The molecule has 3 rings (SSSR count). The second-order valence-electron chi connectivity index (χ2n) is 7.35. The molecule has 21 heavy (non-hydrogen) atoms. The van der Waals surface area contributed by atoms with Gasteiger partial charge in [0.1, 0.15) is 6.10 Å². The monoisotopic (exact) mass is 284 g/mol. The fourth-order valence-electron chi connectivity index (χ4n) is 4.27. The molecule has 0 N–H and O–H groups in total. The van der Waals surface area contributed by atoms with Crippen molar-refractivity contribution < 1.29 is 9.53 Å². The van der Waals surface area contributed by atoms with Gasteiger partial charge in [0.15, 0.2) is 0 Å². The molecular formula is C19H24O2. The Kier molecular flexibility index (Phi) is 3.23. The summed E-state index contributed by atoms with van der Waals surface area (Å²) in [6.45, 7) is 10.8. The Hall–Kier alpha value is -1.57. The first-order valence-corrected chi connectivity index (χ1v) is 7.81. The first-order valence-electron chi connectivity index (χ1n) is 7.81. The zero-order chi connectivity index (χ0) is 15.3. The van der Waals surface area contributed by atoms with Crippen molar-refractivity contribution in [3.63, 3.8) is 0 Å². The van der Waals surface area contributed by atoms with E-state index in [0.717, 1.165) is 18.4 Å². The lowest BCUT2D eigenvalue weighted by Gasteiger charge is -2.38. The number of hydrogen-bond donors (Lipinski definition) is 0. The lowest BCUT2D eigenvalue weighted by atomic mass is 9.70. The van der Waals surface area contributed by atoms with Crippen LogP contribution in [0.5, 0.6) is 0 Å². The fourth-order valence-corrected chi connectivity index (χ4v) is 4.27. The van der Waals surface area contributed by atoms with E-state index < -0.39 is 0 Å². The Labute approximate surface area is 127 Å². The standard InChI is InChI=1S/C19H24O2/c1-13(14-8-6-5-7-9-14)17(20)21-16-12-15-10-11-19(16,4)18(15,2)3/h5-9,15-16H,1,10-12H2,2-4H3/t15-,16+,19+/m0/s1. The van der Waals surface area contributed by atoms with Crippen molar-refractivity contribution in [2.24, 2.45) is 16.7 Å². The van der Waals surface area contributed by atoms with E-state index in [9.17, 15) is 4.79 Å². The summed E-state index contributed by atoms with van der Waals surface area (Å²) in [7, 11) is 0. The van der Waals surface area contributed by atoms with Crippen molar-refractivity contribution in [1.82, 2.24) is 0 Å². The van der Waals surface area contributed by atoms with E-state index in [1.807, 2.05) is 30.3 Å². The van der Waals surface area contributed by atoms with E-state index in [4.69, 9.17) is 4.74 Å². The first kappa shape index (κ1) is 14.4. The van der Waals surface area contributed by atoms with Gasteiger partial charge in [-0.2, -0.15) is 0 Å². The molecule has 2 fully saturated rings. The summed E-state index contributed by atoms with van der Waals surface area (Å²) in [5, 5.41) is 0. The van der Waals surface area contributed by atoms with Gasteiger partial charge in [0.2, 0.25) is 0 Å². The number of rotatable bonds is 3. The van der Waals surface area contributed by atoms with E-state index in [1.165, 1.54) is 6.42 Å². The molecule has 2 bridgehead atoms. The normalized spacial score (nSPS) is 32.9. The quantitative estimate of drug-likeness (QED) is 0.605. The van der Waals surface area contributed by atoms with Crippen LogP contribution in [-0.2, 0) is 9.53 Å². The summed E-state index contributed by atoms with van der Waals surface area (Å²) in [4.78, 5) is 12.4. The predicted molar refractivity (Wildman–Crippen MR) is 84.6 cm³/mol. The van der Waals surface area contributed by atoms with Gasteiger partial charge in [0, 0.05) is 5.41 Å². The largest absolute Gasteiger partial charge is 0.458 e. The maximum absolute atomic E-state index is 12.4. The van der Waals surface area contributed by atoms with Crippen molar-refractivity contribution in [3.8, 4) is 0 Å². The summed E-state index contributed by atoms with van der Waals surface area (Å²) in [5.74, 6) is 0.404. The summed E-state index contributed by atoms with van der Waals surface area (Å²) in [6, 6.07) is 9.55. The number of benzene rings is 1. The van der Waals surface area contributed by atoms with E-state index >= 15 is 0 Å². The number of esters is 1. The van der Waals surface area contributed by atoms with Crippen LogP contribution in [0.2, 0.25) is 0 Å². The lowest BCUT2D eigenvalue weighted by Crippen LogP contribution is -2.38. The minimum absolute atomic E-state index is 0.0270. The van der Waals surface area contributed by atoms with E-state index in [2.05, 4.69) is 27.4 Å². The van der Waals surface area contributed by atoms with Gasteiger partial charge in [-0.3, -0.25) is 0 Å². The summed E-state index contributed by atoms with van der Waals surface area (Å²) < 4.78 is 5.86. The van der Waals surface area contributed by atoms with Gasteiger partial charge in [0.05, 0.1) is 5.57 Å². The lowest BCUT2D eigenvalue weighted by molar-refractivity contribution is -0.149. The fraction of sp³-hybridized carbons (Fsp3) is 0.526. The average molecular weight is 284 g/mol. The van der Waals surface area contributed by atoms with Gasteiger partial charge in [-0.05, 0) is 36.2 Å². The van der Waals surface area contributed by atoms with Gasteiger partial charge >= 0.3 is 5.97 Å². The van der Waals surface area contributed by atoms with Crippen LogP contribution in [0.4, 0.5) is 0 Å². The van der Waals surface area contributed by atoms with E-state index in [1.54, 1.807) is 0 Å². The molecule has 0 spiro atoms. The van der Waals surface area contributed by atoms with Gasteiger partial charge in [-0.1, -0.05) is 57.7 Å². The second-order valence-corrected chi connectivity index (χ2v) is 7.35. The molecule has 2 saturated carbocycles. The maximum atomic E-state index is 12.4. The number of carbonyl (C=O) groups excluding carboxylic acids is 1. The van der Waals surface area contributed by atoms with Gasteiger partial charge in [-0.25, -0.2) is 4.79 Å². The third-order valence-electron chi connectivity index (χ3n) is 6.33. The van der Waals surface area contributed by atoms with Gasteiger partial charge in [-0.15, -0.1) is 0 Å². The third-order valence-corrected chi connectivity index (χ3v) is 6.33. The van der Waals surface area contributed by atoms with Crippen molar-refractivity contribution in [2.75, 3.05) is 0 Å². The molecule has 2 nitrogen and oxygen atoms in total. The Morgan fingerprint density at radius 1 is 1.24 bits per heavy atom. The van der Waals surface area contributed by atoms with Crippen LogP contribution in [0, 0.1) is 16.7 Å². The highest BCUT2D eigenvalue weighted by Crippen LogP contribution is 2.66. The van der Waals surface area contributed by atoms with Crippen LogP contribution in [-0.4, -0.2) is 12.1 Å². The van der Waals surface area contributed by atoms with Crippen LogP contribution in [0.1, 0.15) is 45.6 Å². The maximum Gasteiger partial charge on any atom is 0.338 e. The molecule has 0 saturated heterocycles. The van der Waals surface area contributed by atoms with Crippen molar-refractivity contribution in [3.05, 3.63) is 42.5 Å². The molecule has 2 aliphatic rings. The molecular weight excluding hydrogens is 260 g/mol. The van der Waals surface area contributed by atoms with Crippen LogP contribution in [0.3, 0.4) is 0 Å². The summed E-state index contributed by atoms with van der Waals surface area (Å²) >= 11 is 0. The molecule has 1 aromatic carbocycles. The van der Waals surface area contributed by atoms with E-state index in [-0.39, 0.29) is 22.9 Å². The Morgan fingerprint density at radius 2 is 1.90 bits per heavy atom. The molecule has 0 unspecified atom stereocenters. The highest BCUT2D eigenvalue weighted by molar-refractivity contribution is 6.15. The highest BCUT2D eigenvalue weighted by Gasteiger charge is 2.62. The molecule has 0 aliphatic heterocycles. The number of hydrogen-bond acceptors (Lipinski definition) is 2. The molecule has 2 aliphatic carbocycles. The number of ether oxygens (including phenoxy) is 1. The molecule has 3 atom stereocenters. The zero-order valence-electron chi connectivity index (χ0n) is 13.2. The Morgan fingerprint density at radius 3 is 2.43 bits per heavy atom. The van der Waals surface area contributed by atoms with Gasteiger partial charge in [0.25, 0.3) is 0 Å². The number of carbonyl (C=O) groups is 1. The topological polar surface area (TPSA) is 26.3 Å². The molecule has 112 valence electrons. The highest BCUT2D eigenvalue weighted by atomic mass is 16.5. The van der Waals surface area contributed by atoms with Crippen molar-refractivity contribution in [2.45, 2.75) is 46.1 Å². The predicted octanol–water partition coefficient (Wildman–Crippen LogP) is 4.46. The Bertz CT molecular complexity index is 572.